The molecule has 0 radical (unpaired) electrons. The summed E-state index contributed by atoms with van der Waals surface area (Å²) in [6, 6.07) is 14.2. The fraction of sp³-hybridized carbons (Fsp3) is 0.250. The lowest BCUT2D eigenvalue weighted by Crippen LogP contribution is -2.45. The zero-order valence-electron chi connectivity index (χ0n) is 14.7. The first-order valence-corrected chi connectivity index (χ1v) is 8.42. The Labute approximate surface area is 152 Å². The summed E-state index contributed by atoms with van der Waals surface area (Å²) in [6.07, 6.45) is 0.635. The van der Waals surface area contributed by atoms with Crippen molar-refractivity contribution in [1.29, 1.82) is 0 Å². The third-order valence-electron chi connectivity index (χ3n) is 4.21. The minimum Gasteiger partial charge on any atom is -0.480 e. The topological polar surface area (TPSA) is 95.5 Å². The molecule has 2 amide bonds. The lowest BCUT2D eigenvalue weighted by molar-refractivity contribution is -0.140. The SMILES string of the molecule is CCC(C)C(NC(=O)c1ccc(C(=O)Nc2ccccc2)cc1)C(=O)O. The zero-order chi connectivity index (χ0) is 19.1. The van der Waals surface area contributed by atoms with Gasteiger partial charge in [-0.25, -0.2) is 4.79 Å². The summed E-state index contributed by atoms with van der Waals surface area (Å²) >= 11 is 0. The Bertz CT molecular complexity index is 772. The average Bonchev–Trinajstić information content (AvgIpc) is 2.66. The molecule has 0 saturated carbocycles. The van der Waals surface area contributed by atoms with Gasteiger partial charge in [-0.2, -0.15) is 0 Å². The molecule has 2 atom stereocenters. The van der Waals surface area contributed by atoms with Crippen LogP contribution in [0.1, 0.15) is 41.0 Å². The summed E-state index contributed by atoms with van der Waals surface area (Å²) < 4.78 is 0. The lowest BCUT2D eigenvalue weighted by Gasteiger charge is -2.20. The zero-order valence-corrected chi connectivity index (χ0v) is 14.7. The molecule has 0 fully saturated rings. The van der Waals surface area contributed by atoms with Crippen LogP contribution in [0.4, 0.5) is 5.69 Å². The first-order valence-electron chi connectivity index (χ1n) is 8.42. The fourth-order valence-electron chi connectivity index (χ4n) is 2.41. The van der Waals surface area contributed by atoms with Gasteiger partial charge < -0.3 is 15.7 Å². The maximum atomic E-state index is 12.3. The smallest absolute Gasteiger partial charge is 0.326 e. The van der Waals surface area contributed by atoms with Crippen molar-refractivity contribution in [3.05, 3.63) is 65.7 Å². The van der Waals surface area contributed by atoms with Crippen molar-refractivity contribution in [2.24, 2.45) is 5.92 Å². The van der Waals surface area contributed by atoms with Crippen molar-refractivity contribution >= 4 is 23.5 Å². The number of hydrogen-bond acceptors (Lipinski definition) is 3. The Morgan fingerprint density at radius 2 is 1.46 bits per heavy atom. The van der Waals surface area contributed by atoms with E-state index in [0.717, 1.165) is 0 Å². The Kier molecular flexibility index (Phi) is 6.49. The molecule has 0 heterocycles. The Morgan fingerprint density at radius 1 is 0.923 bits per heavy atom. The van der Waals surface area contributed by atoms with Gasteiger partial charge in [0.25, 0.3) is 11.8 Å². The van der Waals surface area contributed by atoms with E-state index in [2.05, 4.69) is 10.6 Å². The van der Waals surface area contributed by atoms with Gasteiger partial charge in [0.15, 0.2) is 0 Å². The highest BCUT2D eigenvalue weighted by molar-refractivity contribution is 6.05. The van der Waals surface area contributed by atoms with Crippen LogP contribution >= 0.6 is 0 Å². The highest BCUT2D eigenvalue weighted by atomic mass is 16.4. The van der Waals surface area contributed by atoms with Gasteiger partial charge in [-0.15, -0.1) is 0 Å². The molecule has 6 heteroatoms. The number of nitrogens with one attached hydrogen (secondary N) is 2. The summed E-state index contributed by atoms with van der Waals surface area (Å²) in [5.41, 5.74) is 1.38. The van der Waals surface area contributed by atoms with E-state index in [4.69, 9.17) is 0 Å². The predicted molar refractivity (Wildman–Crippen MR) is 99.2 cm³/mol. The van der Waals surface area contributed by atoms with Crippen molar-refractivity contribution in [2.75, 3.05) is 5.32 Å². The molecular formula is C20H22N2O4. The number of amides is 2. The van der Waals surface area contributed by atoms with Gasteiger partial charge in [0.1, 0.15) is 6.04 Å². The van der Waals surface area contributed by atoms with Crippen LogP contribution in [0.15, 0.2) is 54.6 Å². The fourth-order valence-corrected chi connectivity index (χ4v) is 2.41. The van der Waals surface area contributed by atoms with Crippen molar-refractivity contribution in [3.63, 3.8) is 0 Å². The summed E-state index contributed by atoms with van der Waals surface area (Å²) in [5.74, 6) is -2.02. The predicted octanol–water partition coefficient (Wildman–Crippen LogP) is 3.17. The normalized spacial score (nSPS) is 12.7. The summed E-state index contributed by atoms with van der Waals surface area (Å²) in [6.45, 7) is 3.64. The number of benzene rings is 2. The second kappa shape index (κ2) is 8.80. The number of carboxylic acid groups (broad SMARTS) is 1. The van der Waals surface area contributed by atoms with E-state index >= 15 is 0 Å². The monoisotopic (exact) mass is 354 g/mol. The van der Waals surface area contributed by atoms with Crippen LogP contribution in [-0.4, -0.2) is 28.9 Å². The van der Waals surface area contributed by atoms with Crippen LogP contribution < -0.4 is 10.6 Å². The average molecular weight is 354 g/mol. The molecule has 136 valence electrons. The molecule has 0 aliphatic rings. The molecular weight excluding hydrogens is 332 g/mol. The number of carboxylic acids is 1. The Morgan fingerprint density at radius 3 is 1.96 bits per heavy atom. The number of anilines is 1. The van der Waals surface area contributed by atoms with Crippen LogP contribution in [0.25, 0.3) is 0 Å². The molecule has 0 saturated heterocycles. The number of para-hydroxylation sites is 1. The van der Waals surface area contributed by atoms with E-state index in [9.17, 15) is 19.5 Å². The van der Waals surface area contributed by atoms with Crippen molar-refractivity contribution in [2.45, 2.75) is 26.3 Å². The lowest BCUT2D eigenvalue weighted by atomic mass is 9.99. The summed E-state index contributed by atoms with van der Waals surface area (Å²) in [4.78, 5) is 35.8. The molecule has 6 nitrogen and oxygen atoms in total. The minimum atomic E-state index is -1.06. The minimum absolute atomic E-state index is 0.188. The van der Waals surface area contributed by atoms with E-state index in [0.29, 0.717) is 23.2 Å². The van der Waals surface area contributed by atoms with Crippen LogP contribution in [0.2, 0.25) is 0 Å². The molecule has 3 N–H and O–H groups in total. The number of aliphatic carboxylic acids is 1. The standard InChI is InChI=1S/C20H22N2O4/c1-3-13(2)17(20(25)26)22-19(24)15-11-9-14(10-12-15)18(23)21-16-7-5-4-6-8-16/h4-13,17H,3H2,1-2H3,(H,21,23)(H,22,24)(H,25,26). The highest BCUT2D eigenvalue weighted by Gasteiger charge is 2.25. The van der Waals surface area contributed by atoms with E-state index in [1.54, 1.807) is 19.1 Å². The first kappa shape index (κ1) is 19.2. The van der Waals surface area contributed by atoms with Crippen LogP contribution in [0.3, 0.4) is 0 Å². The van der Waals surface area contributed by atoms with Gasteiger partial charge in [-0.1, -0.05) is 38.5 Å². The molecule has 2 aromatic rings. The Balaban J connectivity index is 2.05. The van der Waals surface area contributed by atoms with Gasteiger partial charge in [-0.3, -0.25) is 9.59 Å². The third kappa shape index (κ3) is 4.92. The maximum Gasteiger partial charge on any atom is 0.326 e. The van der Waals surface area contributed by atoms with Gasteiger partial charge in [0.2, 0.25) is 0 Å². The maximum absolute atomic E-state index is 12.3. The van der Waals surface area contributed by atoms with E-state index in [1.165, 1.54) is 24.3 Å². The molecule has 2 rings (SSSR count). The number of hydrogen-bond donors (Lipinski definition) is 3. The van der Waals surface area contributed by atoms with Crippen molar-refractivity contribution in [1.82, 2.24) is 5.32 Å². The summed E-state index contributed by atoms with van der Waals surface area (Å²) in [5, 5.41) is 14.6. The summed E-state index contributed by atoms with van der Waals surface area (Å²) in [7, 11) is 0. The molecule has 0 aromatic heterocycles. The quantitative estimate of drug-likeness (QED) is 0.712. The number of rotatable bonds is 7. The van der Waals surface area contributed by atoms with E-state index in [-0.39, 0.29) is 11.8 Å². The highest BCUT2D eigenvalue weighted by Crippen LogP contribution is 2.12. The second-order valence-electron chi connectivity index (χ2n) is 6.07. The number of carbonyl (C=O) groups is 3. The molecule has 0 spiro atoms. The largest absolute Gasteiger partial charge is 0.480 e. The third-order valence-corrected chi connectivity index (χ3v) is 4.21. The van der Waals surface area contributed by atoms with E-state index in [1.807, 2.05) is 25.1 Å². The van der Waals surface area contributed by atoms with Gasteiger partial charge in [-0.05, 0) is 42.3 Å². The molecule has 0 aliphatic heterocycles. The molecule has 2 aromatic carbocycles. The first-order chi connectivity index (χ1) is 12.4. The van der Waals surface area contributed by atoms with Crippen LogP contribution in [0, 0.1) is 5.92 Å². The molecule has 2 unspecified atom stereocenters. The molecule has 26 heavy (non-hydrogen) atoms. The molecule has 0 bridgehead atoms. The van der Waals surface area contributed by atoms with Crippen LogP contribution in [0.5, 0.6) is 0 Å². The van der Waals surface area contributed by atoms with Crippen LogP contribution in [-0.2, 0) is 4.79 Å². The molecule has 0 aliphatic carbocycles. The van der Waals surface area contributed by atoms with Crippen molar-refractivity contribution in [3.8, 4) is 0 Å². The van der Waals surface area contributed by atoms with E-state index < -0.39 is 17.9 Å². The van der Waals surface area contributed by atoms with Crippen molar-refractivity contribution < 1.29 is 19.5 Å². The van der Waals surface area contributed by atoms with Gasteiger partial charge in [0.05, 0.1) is 0 Å². The second-order valence-corrected chi connectivity index (χ2v) is 6.07. The number of carbonyl (C=O) groups excluding carboxylic acids is 2. The van der Waals surface area contributed by atoms with Gasteiger partial charge in [0, 0.05) is 16.8 Å². The Hall–Kier alpha value is -3.15. The van der Waals surface area contributed by atoms with Gasteiger partial charge >= 0.3 is 5.97 Å².